The molecule has 4 rings (SSSR count). The number of carbonyl (C=O) groups is 2. The Morgan fingerprint density at radius 3 is 2.24 bits per heavy atom. The normalized spacial score (nSPS) is 18.2. The molecule has 0 bridgehead atoms. The molecule has 2 saturated heterocycles. The van der Waals surface area contributed by atoms with Gasteiger partial charge in [-0.1, -0.05) is 0 Å². The highest BCUT2D eigenvalue weighted by Crippen LogP contribution is 2.33. The number of anilines is 1. The second-order valence-corrected chi connectivity index (χ2v) is 10.3. The molecule has 1 atom stereocenters. The van der Waals surface area contributed by atoms with Crippen LogP contribution in [0.1, 0.15) is 39.8 Å². The zero-order valence-corrected chi connectivity index (χ0v) is 21.8. The number of alkyl halides is 3. The van der Waals surface area contributed by atoms with E-state index in [9.17, 15) is 22.8 Å². The van der Waals surface area contributed by atoms with Crippen molar-refractivity contribution in [1.29, 1.82) is 0 Å². The molecule has 0 spiro atoms. The van der Waals surface area contributed by atoms with Crippen molar-refractivity contribution in [1.82, 2.24) is 24.8 Å². The minimum absolute atomic E-state index is 0.0336. The summed E-state index contributed by atoms with van der Waals surface area (Å²) in [6.07, 6.45) is -2.82. The Kier molecular flexibility index (Phi) is 7.65. The average Bonchev–Trinajstić information content (AvgIpc) is 2.85. The first-order valence-electron chi connectivity index (χ1n) is 12.4. The van der Waals surface area contributed by atoms with Crippen LogP contribution in [0.2, 0.25) is 0 Å². The SMILES string of the molecule is C[C@H]1CCN1c1nc(-c2ccc(OCC(=O)N3CCN(C(=O)OC(C)(C)C)CC3)nc2)cc(C(F)(F)F)n1. The highest BCUT2D eigenvalue weighted by Gasteiger charge is 2.36. The molecular weight excluding hydrogens is 505 g/mol. The number of carbonyl (C=O) groups excluding carboxylic acids is 2. The van der Waals surface area contributed by atoms with Crippen LogP contribution in [0.5, 0.6) is 5.88 Å². The van der Waals surface area contributed by atoms with Crippen LogP contribution in [0, 0.1) is 0 Å². The molecule has 0 aromatic carbocycles. The molecule has 0 saturated carbocycles. The number of hydrogen-bond donors (Lipinski definition) is 0. The van der Waals surface area contributed by atoms with Crippen molar-refractivity contribution in [2.45, 2.75) is 51.9 Å². The first kappa shape index (κ1) is 27.4. The van der Waals surface area contributed by atoms with Crippen molar-refractivity contribution in [2.75, 3.05) is 44.2 Å². The van der Waals surface area contributed by atoms with Crippen LogP contribution in [0.3, 0.4) is 0 Å². The molecule has 2 aliphatic heterocycles. The van der Waals surface area contributed by atoms with E-state index in [2.05, 4.69) is 15.0 Å². The van der Waals surface area contributed by atoms with E-state index in [4.69, 9.17) is 9.47 Å². The van der Waals surface area contributed by atoms with Crippen molar-refractivity contribution in [2.24, 2.45) is 0 Å². The predicted octanol–water partition coefficient (Wildman–Crippen LogP) is 3.61. The Bertz CT molecular complexity index is 1160. The molecule has 2 aromatic heterocycles. The molecule has 0 radical (unpaired) electrons. The van der Waals surface area contributed by atoms with E-state index in [1.807, 2.05) is 6.92 Å². The number of rotatable bonds is 5. The standard InChI is InChI=1S/C25H31F3N6O4/c1-16-7-8-34(16)22-30-18(13-19(31-22)25(26,27)28)17-5-6-20(29-14-17)37-15-21(35)32-9-11-33(12-10-32)23(36)38-24(2,3)4/h5-6,13-14,16H,7-12,15H2,1-4H3/t16-/m0/s1. The van der Waals surface area contributed by atoms with Gasteiger partial charge in [0.25, 0.3) is 5.91 Å². The first-order valence-corrected chi connectivity index (χ1v) is 12.4. The summed E-state index contributed by atoms with van der Waals surface area (Å²) in [5, 5.41) is 0. The summed E-state index contributed by atoms with van der Waals surface area (Å²) in [5.74, 6) is -0.0823. The van der Waals surface area contributed by atoms with Gasteiger partial charge in [0.15, 0.2) is 12.3 Å². The topological polar surface area (TPSA) is 101 Å². The van der Waals surface area contributed by atoms with Crippen molar-refractivity contribution >= 4 is 17.9 Å². The predicted molar refractivity (Wildman–Crippen MR) is 132 cm³/mol. The van der Waals surface area contributed by atoms with Crippen LogP contribution in [0.4, 0.5) is 23.9 Å². The third-order valence-corrected chi connectivity index (χ3v) is 6.24. The van der Waals surface area contributed by atoms with E-state index in [-0.39, 0.29) is 36.1 Å². The second-order valence-electron chi connectivity index (χ2n) is 10.3. The highest BCUT2D eigenvalue weighted by atomic mass is 19.4. The maximum Gasteiger partial charge on any atom is 0.433 e. The molecule has 2 aromatic rings. The maximum atomic E-state index is 13.5. The number of piperazine rings is 1. The van der Waals surface area contributed by atoms with Gasteiger partial charge in [0.2, 0.25) is 11.8 Å². The van der Waals surface area contributed by atoms with Crippen molar-refractivity contribution in [3.05, 3.63) is 30.1 Å². The maximum absolute atomic E-state index is 13.5. The summed E-state index contributed by atoms with van der Waals surface area (Å²) in [6, 6.07) is 3.98. The summed E-state index contributed by atoms with van der Waals surface area (Å²) in [4.78, 5) is 41.8. The van der Waals surface area contributed by atoms with E-state index >= 15 is 0 Å². The van der Waals surface area contributed by atoms with E-state index in [0.29, 0.717) is 38.3 Å². The number of halogens is 3. The van der Waals surface area contributed by atoms with Crippen LogP contribution >= 0.6 is 0 Å². The summed E-state index contributed by atoms with van der Waals surface area (Å²) < 4.78 is 51.2. The van der Waals surface area contributed by atoms with Gasteiger partial charge >= 0.3 is 12.3 Å². The lowest BCUT2D eigenvalue weighted by atomic mass is 10.1. The van der Waals surface area contributed by atoms with Crippen molar-refractivity contribution in [3.63, 3.8) is 0 Å². The largest absolute Gasteiger partial charge is 0.468 e. The fraction of sp³-hybridized carbons (Fsp3) is 0.560. The zero-order chi connectivity index (χ0) is 27.7. The van der Waals surface area contributed by atoms with Gasteiger partial charge in [-0.05, 0) is 46.2 Å². The van der Waals surface area contributed by atoms with Gasteiger partial charge in [-0.2, -0.15) is 13.2 Å². The molecule has 4 heterocycles. The van der Waals surface area contributed by atoms with E-state index in [1.54, 1.807) is 35.5 Å². The second kappa shape index (κ2) is 10.6. The number of amides is 2. The number of nitrogens with zero attached hydrogens (tertiary/aromatic N) is 6. The number of pyridine rings is 1. The van der Waals surface area contributed by atoms with Crippen LogP contribution < -0.4 is 9.64 Å². The fourth-order valence-corrected chi connectivity index (χ4v) is 3.98. The van der Waals surface area contributed by atoms with Crippen molar-refractivity contribution < 1.29 is 32.2 Å². The van der Waals surface area contributed by atoms with Crippen LogP contribution in [0.25, 0.3) is 11.3 Å². The van der Waals surface area contributed by atoms with Crippen molar-refractivity contribution in [3.8, 4) is 17.1 Å². The van der Waals surface area contributed by atoms with Crippen LogP contribution in [-0.2, 0) is 15.7 Å². The Labute approximate surface area is 218 Å². The van der Waals surface area contributed by atoms with E-state index < -0.39 is 23.6 Å². The smallest absolute Gasteiger partial charge is 0.433 e. The average molecular weight is 537 g/mol. The number of hydrogen-bond acceptors (Lipinski definition) is 8. The summed E-state index contributed by atoms with van der Waals surface area (Å²) in [6.45, 7) is 9.02. The van der Waals surface area contributed by atoms with Gasteiger partial charge in [0.1, 0.15) is 5.60 Å². The molecule has 2 aliphatic rings. The van der Waals surface area contributed by atoms with Gasteiger partial charge in [-0.3, -0.25) is 4.79 Å². The number of aromatic nitrogens is 3. The van der Waals surface area contributed by atoms with Gasteiger partial charge < -0.3 is 24.2 Å². The van der Waals surface area contributed by atoms with Gasteiger partial charge in [-0.25, -0.2) is 19.7 Å². The zero-order valence-electron chi connectivity index (χ0n) is 21.8. The Hall–Kier alpha value is -3.64. The van der Waals surface area contributed by atoms with Gasteiger partial charge in [0, 0.05) is 56.6 Å². The molecule has 10 nitrogen and oxygen atoms in total. The molecule has 0 N–H and O–H groups in total. The fourth-order valence-electron chi connectivity index (χ4n) is 3.98. The molecule has 206 valence electrons. The van der Waals surface area contributed by atoms with Crippen LogP contribution in [-0.4, -0.2) is 87.7 Å². The molecule has 38 heavy (non-hydrogen) atoms. The third-order valence-electron chi connectivity index (χ3n) is 6.24. The minimum Gasteiger partial charge on any atom is -0.468 e. The Morgan fingerprint density at radius 2 is 1.71 bits per heavy atom. The molecule has 0 aliphatic carbocycles. The molecule has 2 fully saturated rings. The number of ether oxygens (including phenoxy) is 2. The van der Waals surface area contributed by atoms with Gasteiger partial charge in [0.05, 0.1) is 5.69 Å². The summed E-state index contributed by atoms with van der Waals surface area (Å²) >= 11 is 0. The van der Waals surface area contributed by atoms with Gasteiger partial charge in [-0.15, -0.1) is 0 Å². The van der Waals surface area contributed by atoms with Crippen LogP contribution in [0.15, 0.2) is 24.4 Å². The lowest BCUT2D eigenvalue weighted by molar-refractivity contribution is -0.141. The highest BCUT2D eigenvalue weighted by molar-refractivity contribution is 5.78. The third kappa shape index (κ3) is 6.62. The van der Waals surface area contributed by atoms with E-state index in [1.165, 1.54) is 18.3 Å². The Balaban J connectivity index is 1.35. The first-order chi connectivity index (χ1) is 17.8. The quantitative estimate of drug-likeness (QED) is 0.571. The monoisotopic (exact) mass is 536 g/mol. The molecule has 2 amide bonds. The molecular formula is C25H31F3N6O4. The molecule has 0 unspecified atom stereocenters. The lowest BCUT2D eigenvalue weighted by Crippen LogP contribution is -2.52. The Morgan fingerprint density at radius 1 is 1.03 bits per heavy atom. The summed E-state index contributed by atoms with van der Waals surface area (Å²) in [7, 11) is 0. The lowest BCUT2D eigenvalue weighted by Gasteiger charge is -2.38. The minimum atomic E-state index is -4.62. The van der Waals surface area contributed by atoms with E-state index in [0.717, 1.165) is 12.5 Å². The summed E-state index contributed by atoms with van der Waals surface area (Å²) in [5.41, 5.74) is -1.15. The molecule has 13 heteroatoms.